The van der Waals surface area contributed by atoms with E-state index in [1.165, 1.54) is 18.3 Å². The molecule has 0 aromatic heterocycles. The summed E-state index contributed by atoms with van der Waals surface area (Å²) in [4.78, 5) is 25.5. The van der Waals surface area contributed by atoms with Crippen LogP contribution < -0.4 is 10.6 Å². The van der Waals surface area contributed by atoms with E-state index in [0.717, 1.165) is 0 Å². The topological polar surface area (TPSA) is 115 Å². The smallest absolute Gasteiger partial charge is 0.409 e. The molecular weight excluding hydrogens is 336 g/mol. The molecule has 8 heteroatoms. The SMILES string of the molecule is CCOC(=O)N1CCC(N/C=C(/C#N)C(=O)Nc2cccc(O)c2)CC1. The number of piperidine rings is 1. The highest BCUT2D eigenvalue weighted by Crippen LogP contribution is 2.16. The lowest BCUT2D eigenvalue weighted by molar-refractivity contribution is -0.112. The molecule has 0 unspecified atom stereocenters. The van der Waals surface area contributed by atoms with Crippen molar-refractivity contribution in [2.24, 2.45) is 0 Å². The Kier molecular flexibility index (Phi) is 6.85. The van der Waals surface area contributed by atoms with Crippen molar-refractivity contribution in [3.8, 4) is 11.8 Å². The van der Waals surface area contributed by atoms with Crippen molar-refractivity contribution in [2.75, 3.05) is 25.0 Å². The molecule has 1 aliphatic rings. The number of benzene rings is 1. The van der Waals surface area contributed by atoms with Crippen LogP contribution in [0.5, 0.6) is 5.75 Å². The van der Waals surface area contributed by atoms with Crippen LogP contribution in [0.15, 0.2) is 36.0 Å². The van der Waals surface area contributed by atoms with E-state index in [1.807, 2.05) is 6.07 Å². The summed E-state index contributed by atoms with van der Waals surface area (Å²) in [5.74, 6) is -0.536. The van der Waals surface area contributed by atoms with E-state index in [9.17, 15) is 20.0 Å². The highest BCUT2D eigenvalue weighted by molar-refractivity contribution is 6.06. The fourth-order valence-electron chi connectivity index (χ4n) is 2.58. The van der Waals surface area contributed by atoms with Gasteiger partial charge in [-0.2, -0.15) is 5.26 Å². The number of nitrogens with zero attached hydrogens (tertiary/aromatic N) is 2. The lowest BCUT2D eigenvalue weighted by atomic mass is 10.1. The third-order valence-electron chi connectivity index (χ3n) is 3.95. The standard InChI is InChI=1S/C18H22N4O4/c1-2-26-18(25)22-8-6-14(7-9-22)20-12-13(11-19)17(24)21-15-4-3-5-16(23)10-15/h3-5,10,12,14,20,23H,2,6-9H2,1H3,(H,21,24)/b13-12-. The Morgan fingerprint density at radius 1 is 1.42 bits per heavy atom. The number of phenols is 1. The molecule has 2 amide bonds. The van der Waals surface area contributed by atoms with E-state index in [2.05, 4.69) is 10.6 Å². The first-order chi connectivity index (χ1) is 12.5. The van der Waals surface area contributed by atoms with Crippen LogP contribution in [0.2, 0.25) is 0 Å². The maximum atomic E-state index is 12.1. The molecule has 8 nitrogen and oxygen atoms in total. The van der Waals surface area contributed by atoms with Gasteiger partial charge in [0.05, 0.1) is 6.61 Å². The largest absolute Gasteiger partial charge is 0.508 e. The Hall–Kier alpha value is -3.21. The van der Waals surface area contributed by atoms with Gasteiger partial charge in [0.2, 0.25) is 0 Å². The van der Waals surface area contributed by atoms with Crippen molar-refractivity contribution in [1.29, 1.82) is 5.26 Å². The quantitative estimate of drug-likeness (QED) is 0.547. The molecule has 0 saturated carbocycles. The molecule has 1 aromatic carbocycles. The van der Waals surface area contributed by atoms with Crippen LogP contribution in [0.4, 0.5) is 10.5 Å². The molecule has 0 bridgehead atoms. The van der Waals surface area contributed by atoms with Crippen molar-refractivity contribution < 1.29 is 19.4 Å². The number of nitrogens with one attached hydrogen (secondary N) is 2. The van der Waals surface area contributed by atoms with Gasteiger partial charge in [0.1, 0.15) is 17.4 Å². The predicted molar refractivity (Wildman–Crippen MR) is 95.2 cm³/mol. The normalized spacial score (nSPS) is 15.1. The summed E-state index contributed by atoms with van der Waals surface area (Å²) in [5.41, 5.74) is 0.333. The third-order valence-corrected chi connectivity index (χ3v) is 3.95. The number of amides is 2. The summed E-state index contributed by atoms with van der Waals surface area (Å²) in [7, 11) is 0. The molecule has 1 aliphatic heterocycles. The Labute approximate surface area is 152 Å². The highest BCUT2D eigenvalue weighted by Gasteiger charge is 2.23. The van der Waals surface area contributed by atoms with E-state index in [4.69, 9.17) is 4.74 Å². The molecule has 0 aliphatic carbocycles. The maximum absolute atomic E-state index is 12.1. The van der Waals surface area contributed by atoms with Crippen molar-refractivity contribution in [1.82, 2.24) is 10.2 Å². The van der Waals surface area contributed by atoms with Gasteiger partial charge in [0.25, 0.3) is 5.91 Å². The first-order valence-corrected chi connectivity index (χ1v) is 8.42. The summed E-state index contributed by atoms with van der Waals surface area (Å²) in [6, 6.07) is 8.02. The minimum Gasteiger partial charge on any atom is -0.508 e. The van der Waals surface area contributed by atoms with Gasteiger partial charge in [-0.1, -0.05) is 6.07 Å². The number of aromatic hydroxyl groups is 1. The number of nitriles is 1. The molecule has 1 fully saturated rings. The zero-order chi connectivity index (χ0) is 18.9. The molecule has 1 heterocycles. The summed E-state index contributed by atoms with van der Waals surface area (Å²) >= 11 is 0. The minimum absolute atomic E-state index is 0.0248. The number of carbonyl (C=O) groups is 2. The Bertz CT molecular complexity index is 718. The predicted octanol–water partition coefficient (Wildman–Crippen LogP) is 1.95. The minimum atomic E-state index is -0.561. The number of hydrogen-bond donors (Lipinski definition) is 3. The van der Waals surface area contributed by atoms with E-state index in [-0.39, 0.29) is 23.5 Å². The monoisotopic (exact) mass is 358 g/mol. The third kappa shape index (κ3) is 5.41. The lowest BCUT2D eigenvalue weighted by Crippen LogP contribution is -2.44. The fourth-order valence-corrected chi connectivity index (χ4v) is 2.58. The second kappa shape index (κ2) is 9.32. The van der Waals surface area contributed by atoms with E-state index in [1.54, 1.807) is 24.0 Å². The van der Waals surface area contributed by atoms with Crippen molar-refractivity contribution >= 4 is 17.7 Å². The second-order valence-electron chi connectivity index (χ2n) is 5.80. The van der Waals surface area contributed by atoms with Crippen LogP contribution in [-0.2, 0) is 9.53 Å². The first kappa shape index (κ1) is 19.1. The summed E-state index contributed by atoms with van der Waals surface area (Å²) in [6.45, 7) is 3.23. The fraction of sp³-hybridized carbons (Fsp3) is 0.389. The van der Waals surface area contributed by atoms with Crippen LogP contribution in [0.3, 0.4) is 0 Å². The van der Waals surface area contributed by atoms with E-state index >= 15 is 0 Å². The lowest BCUT2D eigenvalue weighted by Gasteiger charge is -2.31. The van der Waals surface area contributed by atoms with E-state index in [0.29, 0.717) is 38.2 Å². The number of rotatable bonds is 5. The molecule has 1 aromatic rings. The number of carbonyl (C=O) groups excluding carboxylic acids is 2. The van der Waals surface area contributed by atoms with Crippen LogP contribution >= 0.6 is 0 Å². The molecule has 2 rings (SSSR count). The molecule has 0 radical (unpaired) electrons. The van der Waals surface area contributed by atoms with Crippen molar-refractivity contribution in [3.05, 3.63) is 36.0 Å². The Balaban J connectivity index is 1.87. The van der Waals surface area contributed by atoms with Crippen LogP contribution in [0.1, 0.15) is 19.8 Å². The molecule has 0 spiro atoms. The zero-order valence-corrected chi connectivity index (χ0v) is 14.6. The van der Waals surface area contributed by atoms with E-state index < -0.39 is 5.91 Å². The number of likely N-dealkylation sites (tertiary alicyclic amines) is 1. The van der Waals surface area contributed by atoms with Crippen LogP contribution in [-0.4, -0.2) is 47.7 Å². The Morgan fingerprint density at radius 2 is 2.15 bits per heavy atom. The average Bonchev–Trinajstić information content (AvgIpc) is 2.63. The number of anilines is 1. The zero-order valence-electron chi connectivity index (χ0n) is 14.6. The van der Waals surface area contributed by atoms with Crippen molar-refractivity contribution in [3.63, 3.8) is 0 Å². The summed E-state index contributed by atoms with van der Waals surface area (Å²) < 4.78 is 4.97. The summed E-state index contributed by atoms with van der Waals surface area (Å²) in [6.07, 6.45) is 2.47. The highest BCUT2D eigenvalue weighted by atomic mass is 16.6. The van der Waals surface area contributed by atoms with Crippen LogP contribution in [0.25, 0.3) is 0 Å². The maximum Gasteiger partial charge on any atom is 0.409 e. The van der Waals surface area contributed by atoms with Gasteiger partial charge in [-0.25, -0.2) is 4.79 Å². The second-order valence-corrected chi connectivity index (χ2v) is 5.80. The van der Waals surface area contributed by atoms with Gasteiger partial charge in [-0.05, 0) is 31.9 Å². The number of ether oxygens (including phenoxy) is 1. The van der Waals surface area contributed by atoms with Gasteiger partial charge in [-0.3, -0.25) is 4.79 Å². The summed E-state index contributed by atoms with van der Waals surface area (Å²) in [5, 5.41) is 24.2. The molecular formula is C18H22N4O4. The number of phenolic OH excluding ortho intramolecular Hbond substituents is 1. The van der Waals surface area contributed by atoms with Crippen LogP contribution in [0, 0.1) is 11.3 Å². The van der Waals surface area contributed by atoms with Gasteiger partial charge in [0, 0.05) is 37.1 Å². The van der Waals surface area contributed by atoms with Crippen molar-refractivity contribution in [2.45, 2.75) is 25.8 Å². The Morgan fingerprint density at radius 3 is 2.77 bits per heavy atom. The molecule has 138 valence electrons. The van der Waals surface area contributed by atoms with Gasteiger partial charge in [-0.15, -0.1) is 0 Å². The first-order valence-electron chi connectivity index (χ1n) is 8.42. The molecule has 26 heavy (non-hydrogen) atoms. The van der Waals surface area contributed by atoms with Gasteiger partial charge >= 0.3 is 6.09 Å². The average molecular weight is 358 g/mol. The molecule has 3 N–H and O–H groups in total. The molecule has 1 saturated heterocycles. The molecule has 0 atom stereocenters. The van der Waals surface area contributed by atoms with Gasteiger partial charge < -0.3 is 25.4 Å². The number of hydrogen-bond acceptors (Lipinski definition) is 6. The van der Waals surface area contributed by atoms with Gasteiger partial charge in [0.15, 0.2) is 0 Å².